The molecule has 3 rings (SSSR count). The van der Waals surface area contributed by atoms with E-state index in [0.29, 0.717) is 22.7 Å². The van der Waals surface area contributed by atoms with Gasteiger partial charge in [0.1, 0.15) is 11.6 Å². The zero-order chi connectivity index (χ0) is 23.4. The summed E-state index contributed by atoms with van der Waals surface area (Å²) in [5.41, 5.74) is 13.1. The van der Waals surface area contributed by atoms with Crippen LogP contribution in [-0.2, 0) is 20.9 Å². The molecule has 6 N–H and O–H groups in total. The van der Waals surface area contributed by atoms with Gasteiger partial charge < -0.3 is 36.3 Å². The van der Waals surface area contributed by atoms with E-state index in [0.717, 1.165) is 0 Å². The number of hydrogen-bond donors (Lipinski definition) is 4. The van der Waals surface area contributed by atoms with Crippen molar-refractivity contribution in [2.75, 3.05) is 29.1 Å². The lowest BCUT2D eigenvalue weighted by Gasteiger charge is -2.35. The minimum Gasteiger partial charge on any atom is -0.489 e. The third kappa shape index (κ3) is 5.16. The average molecular weight is 446 g/mol. The molecule has 10 heteroatoms. The van der Waals surface area contributed by atoms with Gasteiger partial charge in [-0.3, -0.25) is 9.59 Å². The van der Waals surface area contributed by atoms with E-state index in [-0.39, 0.29) is 31.5 Å². The third-order valence-corrected chi connectivity index (χ3v) is 4.88. The molecule has 2 aromatic carbocycles. The molecule has 1 saturated heterocycles. The second-order valence-electron chi connectivity index (χ2n) is 7.61. The minimum absolute atomic E-state index is 0.0393. The Balaban J connectivity index is 1.79. The highest BCUT2D eigenvalue weighted by atomic mass is 19.1. The number of ether oxygens (including phenoxy) is 2. The summed E-state index contributed by atoms with van der Waals surface area (Å²) in [6.07, 6.45) is -3.48. The Morgan fingerprint density at radius 3 is 2.78 bits per heavy atom. The highest BCUT2D eigenvalue weighted by molar-refractivity contribution is 6.04. The van der Waals surface area contributed by atoms with Crippen molar-refractivity contribution in [2.24, 2.45) is 5.73 Å². The summed E-state index contributed by atoms with van der Waals surface area (Å²) in [5, 5.41) is 13.1. The molecule has 1 aliphatic heterocycles. The van der Waals surface area contributed by atoms with Crippen LogP contribution in [0.5, 0.6) is 5.75 Å². The fourth-order valence-corrected chi connectivity index (χ4v) is 3.34. The number of amides is 2. The van der Waals surface area contributed by atoms with Gasteiger partial charge in [-0.05, 0) is 49.7 Å². The summed E-state index contributed by atoms with van der Waals surface area (Å²) in [5.74, 6) is -1.76. The van der Waals surface area contributed by atoms with Crippen molar-refractivity contribution in [3.63, 3.8) is 0 Å². The SMILES string of the molecule is CC(C)Oc1ccc(F)cc1N1CCO[C@H]([C@@H](O)C(=O)Nc2ccc(N)c(CN)c2)C1=O. The van der Waals surface area contributed by atoms with E-state index in [1.807, 2.05) is 0 Å². The molecule has 0 aliphatic carbocycles. The molecule has 2 amide bonds. The molecule has 172 valence electrons. The lowest BCUT2D eigenvalue weighted by atomic mass is 10.1. The molecular weight excluding hydrogens is 419 g/mol. The van der Waals surface area contributed by atoms with E-state index in [1.165, 1.54) is 23.1 Å². The zero-order valence-corrected chi connectivity index (χ0v) is 17.9. The van der Waals surface area contributed by atoms with Gasteiger partial charge in [-0.25, -0.2) is 4.39 Å². The van der Waals surface area contributed by atoms with Gasteiger partial charge >= 0.3 is 0 Å². The van der Waals surface area contributed by atoms with E-state index in [1.54, 1.807) is 32.0 Å². The first-order valence-corrected chi connectivity index (χ1v) is 10.2. The molecule has 9 nitrogen and oxygen atoms in total. The summed E-state index contributed by atoms with van der Waals surface area (Å²) in [6, 6.07) is 8.55. The minimum atomic E-state index is -1.80. The molecule has 0 bridgehead atoms. The lowest BCUT2D eigenvalue weighted by molar-refractivity contribution is -0.150. The number of anilines is 3. The second-order valence-corrected chi connectivity index (χ2v) is 7.61. The van der Waals surface area contributed by atoms with Crippen molar-refractivity contribution in [1.29, 1.82) is 0 Å². The summed E-state index contributed by atoms with van der Waals surface area (Å²) in [4.78, 5) is 26.9. The number of morpholine rings is 1. The molecule has 0 radical (unpaired) electrons. The fourth-order valence-electron chi connectivity index (χ4n) is 3.34. The maximum atomic E-state index is 13.9. The summed E-state index contributed by atoms with van der Waals surface area (Å²) >= 11 is 0. The number of halogens is 1. The quantitative estimate of drug-likeness (QED) is 0.471. The van der Waals surface area contributed by atoms with Gasteiger partial charge in [0.15, 0.2) is 12.2 Å². The number of carbonyl (C=O) groups excluding carboxylic acids is 2. The number of nitrogens with zero attached hydrogens (tertiary/aromatic N) is 1. The standard InChI is InChI=1S/C22H27FN4O5/c1-12(2)32-18-6-3-14(23)10-17(18)27-7-8-31-20(22(27)30)19(28)21(29)26-15-4-5-16(25)13(9-15)11-24/h3-6,9-10,12,19-20,28H,7-8,11,24-25H2,1-2H3,(H,26,29)/t19-,20-/m1/s1. The molecule has 0 aromatic heterocycles. The van der Waals surface area contributed by atoms with E-state index < -0.39 is 29.8 Å². The Labute approximate surface area is 185 Å². The van der Waals surface area contributed by atoms with Gasteiger partial charge in [0.2, 0.25) is 0 Å². The second kappa shape index (κ2) is 9.94. The van der Waals surface area contributed by atoms with Crippen molar-refractivity contribution in [1.82, 2.24) is 0 Å². The Morgan fingerprint density at radius 1 is 1.34 bits per heavy atom. The zero-order valence-electron chi connectivity index (χ0n) is 17.9. The predicted molar refractivity (Wildman–Crippen MR) is 118 cm³/mol. The monoisotopic (exact) mass is 446 g/mol. The predicted octanol–water partition coefficient (Wildman–Crippen LogP) is 1.39. The van der Waals surface area contributed by atoms with Gasteiger partial charge in [-0.15, -0.1) is 0 Å². The van der Waals surface area contributed by atoms with E-state index in [9.17, 15) is 19.1 Å². The molecule has 0 spiro atoms. The van der Waals surface area contributed by atoms with Crippen molar-refractivity contribution >= 4 is 28.9 Å². The normalized spacial score (nSPS) is 17.4. The third-order valence-electron chi connectivity index (χ3n) is 4.88. The average Bonchev–Trinajstić information content (AvgIpc) is 2.75. The van der Waals surface area contributed by atoms with Gasteiger partial charge in [0.25, 0.3) is 11.8 Å². The Morgan fingerprint density at radius 2 is 2.09 bits per heavy atom. The van der Waals surface area contributed by atoms with E-state index >= 15 is 0 Å². The first-order valence-electron chi connectivity index (χ1n) is 10.2. The Kier molecular flexibility index (Phi) is 7.29. The van der Waals surface area contributed by atoms with Crippen LogP contribution < -0.4 is 26.4 Å². The smallest absolute Gasteiger partial charge is 0.259 e. The number of nitrogens with two attached hydrogens (primary N) is 2. The van der Waals surface area contributed by atoms with Crippen molar-refractivity contribution in [2.45, 2.75) is 38.7 Å². The van der Waals surface area contributed by atoms with Crippen LogP contribution in [0, 0.1) is 5.82 Å². The topological polar surface area (TPSA) is 140 Å². The molecule has 2 aromatic rings. The number of nitrogens with one attached hydrogen (secondary N) is 1. The highest BCUT2D eigenvalue weighted by Crippen LogP contribution is 2.32. The maximum Gasteiger partial charge on any atom is 0.259 e. The number of rotatable bonds is 7. The van der Waals surface area contributed by atoms with Crippen LogP contribution in [0.3, 0.4) is 0 Å². The molecule has 2 atom stereocenters. The Hall–Kier alpha value is -3.21. The first-order chi connectivity index (χ1) is 15.2. The number of hydrogen-bond acceptors (Lipinski definition) is 7. The number of aliphatic hydroxyl groups is 1. The number of carbonyl (C=O) groups is 2. The number of benzene rings is 2. The summed E-state index contributed by atoms with van der Waals surface area (Å²) < 4.78 is 25.0. The van der Waals surface area contributed by atoms with Crippen LogP contribution in [-0.4, -0.2) is 48.4 Å². The van der Waals surface area contributed by atoms with Crippen LogP contribution >= 0.6 is 0 Å². The molecule has 1 heterocycles. The summed E-state index contributed by atoms with van der Waals surface area (Å²) in [6.45, 7) is 3.93. The number of nitrogen functional groups attached to an aromatic ring is 1. The van der Waals surface area contributed by atoms with Crippen LogP contribution in [0.2, 0.25) is 0 Å². The first kappa shape index (κ1) is 23.5. The van der Waals surface area contributed by atoms with Crippen molar-refractivity contribution < 1.29 is 28.6 Å². The molecular formula is C22H27FN4O5. The molecule has 1 fully saturated rings. The van der Waals surface area contributed by atoms with Crippen molar-refractivity contribution in [3.8, 4) is 5.75 Å². The van der Waals surface area contributed by atoms with Gasteiger partial charge in [-0.1, -0.05) is 0 Å². The fraction of sp³-hybridized carbons (Fsp3) is 0.364. The Bertz CT molecular complexity index is 1000. The van der Waals surface area contributed by atoms with Crippen LogP contribution in [0.1, 0.15) is 19.4 Å². The molecule has 0 unspecified atom stereocenters. The van der Waals surface area contributed by atoms with Crippen LogP contribution in [0.25, 0.3) is 0 Å². The number of aliphatic hydroxyl groups excluding tert-OH is 1. The lowest BCUT2D eigenvalue weighted by Crippen LogP contribution is -2.55. The van der Waals surface area contributed by atoms with Crippen molar-refractivity contribution in [3.05, 3.63) is 47.8 Å². The maximum absolute atomic E-state index is 13.9. The van der Waals surface area contributed by atoms with Crippen LogP contribution in [0.4, 0.5) is 21.5 Å². The largest absolute Gasteiger partial charge is 0.489 e. The van der Waals surface area contributed by atoms with E-state index in [2.05, 4.69) is 5.32 Å². The van der Waals surface area contributed by atoms with E-state index in [4.69, 9.17) is 20.9 Å². The molecule has 0 saturated carbocycles. The van der Waals surface area contributed by atoms with Gasteiger partial charge in [0, 0.05) is 30.5 Å². The summed E-state index contributed by atoms with van der Waals surface area (Å²) in [7, 11) is 0. The molecule has 1 aliphatic rings. The molecule has 32 heavy (non-hydrogen) atoms. The van der Waals surface area contributed by atoms with Crippen LogP contribution in [0.15, 0.2) is 36.4 Å². The highest BCUT2D eigenvalue weighted by Gasteiger charge is 2.40. The van der Waals surface area contributed by atoms with Gasteiger partial charge in [-0.2, -0.15) is 0 Å². The van der Waals surface area contributed by atoms with Gasteiger partial charge in [0.05, 0.1) is 18.4 Å².